The zero-order valence-corrected chi connectivity index (χ0v) is 12.5. The van der Waals surface area contributed by atoms with Gasteiger partial charge in [-0.05, 0) is 36.8 Å². The van der Waals surface area contributed by atoms with Gasteiger partial charge in [-0.15, -0.1) is 0 Å². The molecular formula is C16H13BrN2O. The fourth-order valence-corrected chi connectivity index (χ4v) is 2.38. The lowest BCUT2D eigenvalue weighted by Crippen LogP contribution is -1.96. The standard InChI is InChI=1S/C16H13BrN2O/c1-10-6-7-11(17)8-15(10)20-16-12-4-2-3-5-14(12)19-9-13(16)18/h2-9H,18H2,1H3. The fraction of sp³-hybridized carbons (Fsp3) is 0.0625. The van der Waals surface area contributed by atoms with Crippen molar-refractivity contribution in [2.75, 3.05) is 5.73 Å². The van der Waals surface area contributed by atoms with Crippen molar-refractivity contribution >= 4 is 32.5 Å². The molecule has 0 fully saturated rings. The summed E-state index contributed by atoms with van der Waals surface area (Å²) < 4.78 is 7.01. The maximum Gasteiger partial charge on any atom is 0.161 e. The summed E-state index contributed by atoms with van der Waals surface area (Å²) in [6, 6.07) is 13.7. The van der Waals surface area contributed by atoms with Gasteiger partial charge in [0.05, 0.1) is 17.4 Å². The van der Waals surface area contributed by atoms with Gasteiger partial charge in [0.25, 0.3) is 0 Å². The third-order valence-corrected chi connectivity index (χ3v) is 3.61. The maximum atomic E-state index is 6.04. The van der Waals surface area contributed by atoms with E-state index >= 15 is 0 Å². The number of aromatic nitrogens is 1. The number of benzene rings is 2. The van der Waals surface area contributed by atoms with Gasteiger partial charge in [0.2, 0.25) is 0 Å². The van der Waals surface area contributed by atoms with E-state index in [0.717, 1.165) is 26.7 Å². The monoisotopic (exact) mass is 328 g/mol. The molecule has 0 radical (unpaired) electrons. The van der Waals surface area contributed by atoms with Gasteiger partial charge in [0.15, 0.2) is 5.75 Å². The zero-order chi connectivity index (χ0) is 14.1. The first-order valence-corrected chi connectivity index (χ1v) is 7.01. The van der Waals surface area contributed by atoms with Gasteiger partial charge in [0.1, 0.15) is 5.75 Å². The van der Waals surface area contributed by atoms with Crippen LogP contribution in [0.15, 0.2) is 53.1 Å². The number of nitrogens with zero attached hydrogens (tertiary/aromatic N) is 1. The number of aryl methyl sites for hydroxylation is 1. The lowest BCUT2D eigenvalue weighted by molar-refractivity contribution is 0.486. The van der Waals surface area contributed by atoms with Crippen LogP contribution in [-0.4, -0.2) is 4.98 Å². The third kappa shape index (κ3) is 2.34. The van der Waals surface area contributed by atoms with Gasteiger partial charge in [0, 0.05) is 9.86 Å². The highest BCUT2D eigenvalue weighted by atomic mass is 79.9. The molecule has 0 aliphatic heterocycles. The zero-order valence-electron chi connectivity index (χ0n) is 10.9. The predicted molar refractivity (Wildman–Crippen MR) is 85.1 cm³/mol. The molecule has 0 saturated heterocycles. The van der Waals surface area contributed by atoms with Crippen molar-refractivity contribution in [2.24, 2.45) is 0 Å². The van der Waals surface area contributed by atoms with E-state index in [4.69, 9.17) is 10.5 Å². The number of rotatable bonds is 2. The van der Waals surface area contributed by atoms with Gasteiger partial charge < -0.3 is 10.5 Å². The van der Waals surface area contributed by atoms with E-state index in [1.54, 1.807) is 6.20 Å². The average Bonchev–Trinajstić information content (AvgIpc) is 2.46. The van der Waals surface area contributed by atoms with Gasteiger partial charge in [-0.1, -0.05) is 34.1 Å². The fourth-order valence-electron chi connectivity index (χ4n) is 2.04. The minimum atomic E-state index is 0.531. The molecule has 2 aromatic carbocycles. The Kier molecular flexibility index (Phi) is 3.32. The Hall–Kier alpha value is -2.07. The number of nitrogens with two attached hydrogens (primary N) is 1. The maximum absolute atomic E-state index is 6.04. The molecule has 0 aliphatic carbocycles. The first-order chi connectivity index (χ1) is 9.65. The number of anilines is 1. The Bertz CT molecular complexity index is 787. The van der Waals surface area contributed by atoms with Crippen LogP contribution in [-0.2, 0) is 0 Å². The molecule has 0 unspecified atom stereocenters. The Labute approximate surface area is 125 Å². The Morgan fingerprint density at radius 2 is 1.95 bits per heavy atom. The number of hydrogen-bond donors (Lipinski definition) is 1. The molecule has 0 bridgehead atoms. The molecule has 1 aromatic heterocycles. The highest BCUT2D eigenvalue weighted by molar-refractivity contribution is 9.10. The van der Waals surface area contributed by atoms with Gasteiger partial charge >= 0.3 is 0 Å². The summed E-state index contributed by atoms with van der Waals surface area (Å²) in [7, 11) is 0. The van der Waals surface area contributed by atoms with Gasteiger partial charge in [-0.25, -0.2) is 0 Å². The van der Waals surface area contributed by atoms with Gasteiger partial charge in [-0.3, -0.25) is 4.98 Å². The van der Waals surface area contributed by atoms with E-state index in [9.17, 15) is 0 Å². The van der Waals surface area contributed by atoms with Crippen LogP contribution in [0.3, 0.4) is 0 Å². The van der Waals surface area contributed by atoms with E-state index in [1.807, 2.05) is 49.4 Å². The van der Waals surface area contributed by atoms with Crippen molar-refractivity contribution in [1.82, 2.24) is 4.98 Å². The highest BCUT2D eigenvalue weighted by Crippen LogP contribution is 2.36. The van der Waals surface area contributed by atoms with Crippen LogP contribution < -0.4 is 10.5 Å². The highest BCUT2D eigenvalue weighted by Gasteiger charge is 2.10. The largest absolute Gasteiger partial charge is 0.454 e. The number of pyridine rings is 1. The van der Waals surface area contributed by atoms with Crippen LogP contribution in [0.4, 0.5) is 5.69 Å². The van der Waals surface area contributed by atoms with Crippen LogP contribution in [0, 0.1) is 6.92 Å². The van der Waals surface area contributed by atoms with Crippen LogP contribution in [0.5, 0.6) is 11.5 Å². The molecule has 0 saturated carbocycles. The Morgan fingerprint density at radius 1 is 1.15 bits per heavy atom. The number of ether oxygens (including phenoxy) is 1. The molecular weight excluding hydrogens is 316 g/mol. The summed E-state index contributed by atoms with van der Waals surface area (Å²) in [5, 5.41) is 0.909. The number of hydrogen-bond acceptors (Lipinski definition) is 3. The molecule has 3 aromatic rings. The molecule has 0 atom stereocenters. The molecule has 100 valence electrons. The molecule has 3 rings (SSSR count). The summed E-state index contributed by atoms with van der Waals surface area (Å²) >= 11 is 3.45. The molecule has 0 spiro atoms. The molecule has 1 heterocycles. The topological polar surface area (TPSA) is 48.1 Å². The van der Waals surface area contributed by atoms with Crippen LogP contribution in [0.25, 0.3) is 10.9 Å². The summed E-state index contributed by atoms with van der Waals surface area (Å²) in [6.07, 6.45) is 1.63. The van der Waals surface area contributed by atoms with Crippen molar-refractivity contribution in [2.45, 2.75) is 6.92 Å². The second-order valence-electron chi connectivity index (χ2n) is 4.57. The first-order valence-electron chi connectivity index (χ1n) is 6.22. The SMILES string of the molecule is Cc1ccc(Br)cc1Oc1c(N)cnc2ccccc12. The number of nitrogen functional groups attached to an aromatic ring is 1. The van der Waals surface area contributed by atoms with Crippen molar-refractivity contribution < 1.29 is 4.74 Å². The lowest BCUT2D eigenvalue weighted by Gasteiger charge is -2.13. The smallest absolute Gasteiger partial charge is 0.161 e. The number of halogens is 1. The van der Waals surface area contributed by atoms with E-state index in [0.29, 0.717) is 11.4 Å². The van der Waals surface area contributed by atoms with Crippen molar-refractivity contribution in [3.05, 3.63) is 58.7 Å². The quantitative estimate of drug-likeness (QED) is 0.742. The van der Waals surface area contributed by atoms with E-state index < -0.39 is 0 Å². The minimum Gasteiger partial charge on any atom is -0.454 e. The van der Waals surface area contributed by atoms with E-state index in [-0.39, 0.29) is 0 Å². The van der Waals surface area contributed by atoms with Crippen molar-refractivity contribution in [3.63, 3.8) is 0 Å². The molecule has 0 amide bonds. The molecule has 2 N–H and O–H groups in total. The summed E-state index contributed by atoms with van der Waals surface area (Å²) in [6.45, 7) is 2.00. The van der Waals surface area contributed by atoms with Crippen molar-refractivity contribution in [1.29, 1.82) is 0 Å². The van der Waals surface area contributed by atoms with Crippen LogP contribution in [0.1, 0.15) is 5.56 Å². The first kappa shape index (κ1) is 12.9. The second-order valence-corrected chi connectivity index (χ2v) is 5.49. The Morgan fingerprint density at radius 3 is 2.80 bits per heavy atom. The minimum absolute atomic E-state index is 0.531. The summed E-state index contributed by atoms with van der Waals surface area (Å²) in [5.41, 5.74) is 8.47. The molecule has 3 nitrogen and oxygen atoms in total. The number of para-hydroxylation sites is 1. The van der Waals surface area contributed by atoms with Crippen LogP contribution >= 0.6 is 15.9 Å². The molecule has 4 heteroatoms. The second kappa shape index (κ2) is 5.13. The molecule has 20 heavy (non-hydrogen) atoms. The lowest BCUT2D eigenvalue weighted by atomic mass is 10.2. The summed E-state index contributed by atoms with van der Waals surface area (Å²) in [5.74, 6) is 1.43. The normalized spacial score (nSPS) is 10.7. The molecule has 0 aliphatic rings. The third-order valence-electron chi connectivity index (χ3n) is 3.12. The summed E-state index contributed by atoms with van der Waals surface area (Å²) in [4.78, 5) is 4.31. The van der Waals surface area contributed by atoms with Gasteiger partial charge in [-0.2, -0.15) is 0 Å². The predicted octanol–water partition coefficient (Wildman–Crippen LogP) is 4.68. The van der Waals surface area contributed by atoms with E-state index in [2.05, 4.69) is 20.9 Å². The van der Waals surface area contributed by atoms with Crippen LogP contribution in [0.2, 0.25) is 0 Å². The van der Waals surface area contributed by atoms with E-state index in [1.165, 1.54) is 0 Å². The number of fused-ring (bicyclic) bond motifs is 1. The average molecular weight is 329 g/mol. The van der Waals surface area contributed by atoms with Crippen molar-refractivity contribution in [3.8, 4) is 11.5 Å². The Balaban J connectivity index is 2.15.